The van der Waals surface area contributed by atoms with Gasteiger partial charge in [0.05, 0.1) is 12.2 Å². The highest BCUT2D eigenvalue weighted by molar-refractivity contribution is 6.68. The van der Waals surface area contributed by atoms with Gasteiger partial charge in [0.25, 0.3) is 5.91 Å². The number of halogens is 3. The Morgan fingerprint density at radius 1 is 0.969 bits per heavy atom. The summed E-state index contributed by atoms with van der Waals surface area (Å²) in [6.45, 7) is 2.40. The number of nitrogens with one attached hydrogen (secondary N) is 2. The van der Waals surface area contributed by atoms with Crippen molar-refractivity contribution in [2.75, 3.05) is 11.9 Å². The molecule has 3 aromatic carbocycles. The zero-order chi connectivity index (χ0) is 23.1. The van der Waals surface area contributed by atoms with Crippen LogP contribution in [0.1, 0.15) is 40.5 Å². The van der Waals surface area contributed by atoms with Gasteiger partial charge in [0, 0.05) is 11.3 Å². The highest BCUT2D eigenvalue weighted by Crippen LogP contribution is 2.31. The molecule has 0 saturated carbocycles. The van der Waals surface area contributed by atoms with Crippen LogP contribution in [0.25, 0.3) is 10.8 Å². The number of rotatable bonds is 8. The van der Waals surface area contributed by atoms with E-state index in [9.17, 15) is 9.59 Å². The third-order valence-electron chi connectivity index (χ3n) is 4.80. The molecule has 168 valence electrons. The van der Waals surface area contributed by atoms with Crippen LogP contribution < -0.4 is 10.6 Å². The molecule has 1 amide bonds. The molecule has 1 atom stereocenters. The van der Waals surface area contributed by atoms with E-state index in [1.54, 1.807) is 36.4 Å². The summed E-state index contributed by atoms with van der Waals surface area (Å²) in [6, 6.07) is 19.5. The number of anilines is 1. The summed E-state index contributed by atoms with van der Waals surface area (Å²) < 4.78 is 3.37. The molecule has 0 spiro atoms. The lowest BCUT2D eigenvalue weighted by Gasteiger charge is -2.27. The largest absolute Gasteiger partial charge is 0.462 e. The number of ether oxygens (including phenoxy) is 1. The van der Waals surface area contributed by atoms with Crippen LogP contribution in [-0.2, 0) is 4.74 Å². The molecule has 3 aromatic rings. The van der Waals surface area contributed by atoms with Crippen LogP contribution in [0.2, 0.25) is 0 Å². The number of carbonyl (C=O) groups is 2. The van der Waals surface area contributed by atoms with Crippen LogP contribution >= 0.6 is 34.8 Å². The van der Waals surface area contributed by atoms with Crippen molar-refractivity contribution in [1.29, 1.82) is 0 Å². The summed E-state index contributed by atoms with van der Waals surface area (Å²) in [7, 11) is 0. The summed E-state index contributed by atoms with van der Waals surface area (Å²) in [5.41, 5.74) is 1.44. The Morgan fingerprint density at radius 3 is 2.34 bits per heavy atom. The number of benzene rings is 3. The average Bonchev–Trinajstić information content (AvgIpc) is 2.78. The first kappa shape index (κ1) is 24.2. The predicted molar refractivity (Wildman–Crippen MR) is 131 cm³/mol. The highest BCUT2D eigenvalue weighted by atomic mass is 35.6. The fraction of sp³-hybridized carbons (Fsp3) is 0.250. The Balaban J connectivity index is 1.73. The van der Waals surface area contributed by atoms with Gasteiger partial charge in [0.2, 0.25) is 3.79 Å². The van der Waals surface area contributed by atoms with Crippen molar-refractivity contribution in [3.8, 4) is 0 Å². The Kier molecular flexibility index (Phi) is 8.24. The predicted octanol–water partition coefficient (Wildman–Crippen LogP) is 6.33. The molecule has 0 heterocycles. The Hall–Kier alpha value is -2.47. The van der Waals surface area contributed by atoms with Gasteiger partial charge in [-0.25, -0.2) is 4.79 Å². The molecule has 3 rings (SSSR count). The molecule has 0 saturated heterocycles. The Bertz CT molecular complexity index is 1080. The third-order valence-corrected chi connectivity index (χ3v) is 5.45. The minimum absolute atomic E-state index is 0.380. The first-order valence-electron chi connectivity index (χ1n) is 10.2. The molecule has 8 heteroatoms. The fourth-order valence-electron chi connectivity index (χ4n) is 3.09. The molecule has 32 heavy (non-hydrogen) atoms. The summed E-state index contributed by atoms with van der Waals surface area (Å²) in [4.78, 5) is 25.0. The number of esters is 1. The number of carbonyl (C=O) groups excluding carboxylic acids is 2. The molecule has 0 aliphatic carbocycles. The van der Waals surface area contributed by atoms with Crippen LogP contribution in [0.5, 0.6) is 0 Å². The van der Waals surface area contributed by atoms with E-state index in [1.807, 2.05) is 37.3 Å². The molecular weight excluding hydrogens is 471 g/mol. The van der Waals surface area contributed by atoms with Crippen molar-refractivity contribution < 1.29 is 14.3 Å². The summed E-state index contributed by atoms with van der Waals surface area (Å²) in [5.74, 6) is -0.783. The molecule has 0 aromatic heterocycles. The molecule has 1 unspecified atom stereocenters. The van der Waals surface area contributed by atoms with E-state index in [0.29, 0.717) is 23.4 Å². The van der Waals surface area contributed by atoms with Gasteiger partial charge in [0.15, 0.2) is 0 Å². The summed E-state index contributed by atoms with van der Waals surface area (Å²) >= 11 is 18.4. The SMILES string of the molecule is CCCCOC(=O)c1ccc(NC(NC(=O)c2cccc3ccccc23)C(Cl)(Cl)Cl)cc1. The second-order valence-electron chi connectivity index (χ2n) is 7.19. The van der Waals surface area contributed by atoms with E-state index < -0.39 is 15.9 Å². The lowest BCUT2D eigenvalue weighted by Crippen LogP contribution is -2.49. The number of amides is 1. The number of hydrogen-bond acceptors (Lipinski definition) is 4. The van der Waals surface area contributed by atoms with Crippen LogP contribution in [0.4, 0.5) is 5.69 Å². The van der Waals surface area contributed by atoms with Gasteiger partial charge in [-0.3, -0.25) is 4.79 Å². The Labute approximate surface area is 202 Å². The second-order valence-corrected chi connectivity index (χ2v) is 9.55. The maximum atomic E-state index is 13.0. The number of unbranched alkanes of at least 4 members (excludes halogenated alkanes) is 1. The zero-order valence-corrected chi connectivity index (χ0v) is 19.7. The van der Waals surface area contributed by atoms with Crippen molar-refractivity contribution in [3.63, 3.8) is 0 Å². The van der Waals surface area contributed by atoms with Gasteiger partial charge in [0.1, 0.15) is 6.17 Å². The first-order valence-corrected chi connectivity index (χ1v) is 11.3. The van der Waals surface area contributed by atoms with Crippen molar-refractivity contribution in [2.45, 2.75) is 29.7 Å². The maximum absolute atomic E-state index is 13.0. The van der Waals surface area contributed by atoms with E-state index in [2.05, 4.69) is 10.6 Å². The van der Waals surface area contributed by atoms with E-state index >= 15 is 0 Å². The van der Waals surface area contributed by atoms with E-state index in [4.69, 9.17) is 39.5 Å². The van der Waals surface area contributed by atoms with E-state index in [0.717, 1.165) is 23.6 Å². The molecular formula is C24H23Cl3N2O3. The lowest BCUT2D eigenvalue weighted by molar-refractivity contribution is 0.0499. The van der Waals surface area contributed by atoms with Gasteiger partial charge >= 0.3 is 5.97 Å². The van der Waals surface area contributed by atoms with Crippen molar-refractivity contribution in [2.24, 2.45) is 0 Å². The minimum Gasteiger partial charge on any atom is -0.462 e. The number of alkyl halides is 3. The quantitative estimate of drug-likeness (QED) is 0.166. The van der Waals surface area contributed by atoms with Gasteiger partial charge < -0.3 is 15.4 Å². The normalized spacial score (nSPS) is 12.2. The zero-order valence-electron chi connectivity index (χ0n) is 17.4. The average molecular weight is 494 g/mol. The van der Waals surface area contributed by atoms with Crippen molar-refractivity contribution in [3.05, 3.63) is 77.9 Å². The van der Waals surface area contributed by atoms with Crippen LogP contribution in [0, 0.1) is 0 Å². The molecule has 0 fully saturated rings. The highest BCUT2D eigenvalue weighted by Gasteiger charge is 2.34. The summed E-state index contributed by atoms with van der Waals surface area (Å²) in [6.07, 6.45) is 0.729. The van der Waals surface area contributed by atoms with Gasteiger partial charge in [-0.2, -0.15) is 0 Å². The second kappa shape index (κ2) is 10.9. The summed E-state index contributed by atoms with van der Waals surface area (Å²) in [5, 5.41) is 7.48. The topological polar surface area (TPSA) is 67.4 Å². The lowest BCUT2D eigenvalue weighted by atomic mass is 10.0. The fourth-order valence-corrected chi connectivity index (χ4v) is 3.42. The molecule has 2 N–H and O–H groups in total. The molecule has 0 bridgehead atoms. The number of hydrogen-bond donors (Lipinski definition) is 2. The standard InChI is InChI=1S/C24H23Cl3N2O3/c1-2-3-15-32-22(31)17-11-13-18(14-12-17)28-23(24(25,26)27)29-21(30)20-10-6-8-16-7-4-5-9-19(16)20/h4-14,23,28H,2-3,15H2,1H3,(H,29,30). The van der Waals surface area contributed by atoms with E-state index in [-0.39, 0.29) is 5.91 Å². The van der Waals surface area contributed by atoms with Crippen molar-refractivity contribution in [1.82, 2.24) is 5.32 Å². The van der Waals surface area contributed by atoms with Gasteiger partial charge in [-0.15, -0.1) is 0 Å². The van der Waals surface area contributed by atoms with Crippen LogP contribution in [0.15, 0.2) is 66.7 Å². The first-order chi connectivity index (χ1) is 15.3. The van der Waals surface area contributed by atoms with Gasteiger partial charge in [-0.1, -0.05) is 84.5 Å². The molecule has 0 aliphatic heterocycles. The molecule has 5 nitrogen and oxygen atoms in total. The van der Waals surface area contributed by atoms with Crippen molar-refractivity contribution >= 4 is 63.1 Å². The Morgan fingerprint density at radius 2 is 1.66 bits per heavy atom. The molecule has 0 aliphatic rings. The number of fused-ring (bicyclic) bond motifs is 1. The van der Waals surface area contributed by atoms with Gasteiger partial charge in [-0.05, 0) is 47.5 Å². The van der Waals surface area contributed by atoms with Crippen LogP contribution in [-0.4, -0.2) is 28.4 Å². The minimum atomic E-state index is -1.84. The molecule has 0 radical (unpaired) electrons. The third kappa shape index (κ3) is 6.28. The van der Waals surface area contributed by atoms with Crippen LogP contribution in [0.3, 0.4) is 0 Å². The smallest absolute Gasteiger partial charge is 0.338 e. The van der Waals surface area contributed by atoms with E-state index in [1.165, 1.54) is 0 Å². The maximum Gasteiger partial charge on any atom is 0.338 e. The monoisotopic (exact) mass is 492 g/mol.